The summed E-state index contributed by atoms with van der Waals surface area (Å²) < 4.78 is 0. The Balaban J connectivity index is 2.20. The Morgan fingerprint density at radius 2 is 1.81 bits per heavy atom. The molecule has 0 amide bonds. The SMILES string of the molecule is O=Cc1cccc(C=Cc2ccccn2)c1. The molecule has 2 nitrogen and oxygen atoms in total. The lowest BCUT2D eigenvalue weighted by Gasteiger charge is -1.95. The molecule has 0 fully saturated rings. The number of pyridine rings is 1. The standard InChI is InChI=1S/C14H11NO/c16-11-13-5-3-4-12(10-13)7-8-14-6-1-2-9-15-14/h1-11H. The van der Waals surface area contributed by atoms with Crippen LogP contribution in [-0.4, -0.2) is 11.3 Å². The average Bonchev–Trinajstić information content (AvgIpc) is 2.38. The fourth-order valence-corrected chi connectivity index (χ4v) is 1.39. The van der Waals surface area contributed by atoms with Crippen LogP contribution in [0.1, 0.15) is 21.6 Å². The van der Waals surface area contributed by atoms with E-state index in [-0.39, 0.29) is 0 Å². The Morgan fingerprint density at radius 3 is 2.56 bits per heavy atom. The minimum absolute atomic E-state index is 0.683. The first-order valence-electron chi connectivity index (χ1n) is 5.03. The molecule has 0 saturated heterocycles. The first kappa shape index (κ1) is 10.3. The molecular formula is C14H11NO. The van der Waals surface area contributed by atoms with E-state index in [0.717, 1.165) is 17.5 Å². The van der Waals surface area contributed by atoms with Gasteiger partial charge in [0.2, 0.25) is 0 Å². The number of benzene rings is 1. The Kier molecular flexibility index (Phi) is 3.24. The number of carbonyl (C=O) groups excluding carboxylic acids is 1. The summed E-state index contributed by atoms with van der Waals surface area (Å²) in [6.45, 7) is 0. The predicted octanol–water partition coefficient (Wildman–Crippen LogP) is 3.06. The molecule has 0 spiro atoms. The summed E-state index contributed by atoms with van der Waals surface area (Å²) in [6, 6.07) is 13.2. The third-order valence-corrected chi connectivity index (χ3v) is 2.18. The van der Waals surface area contributed by atoms with Crippen molar-refractivity contribution in [3.05, 3.63) is 65.5 Å². The average molecular weight is 209 g/mol. The van der Waals surface area contributed by atoms with E-state index in [9.17, 15) is 4.79 Å². The molecule has 78 valence electrons. The second kappa shape index (κ2) is 5.03. The topological polar surface area (TPSA) is 30.0 Å². The van der Waals surface area contributed by atoms with Gasteiger partial charge in [0, 0.05) is 11.8 Å². The lowest BCUT2D eigenvalue weighted by molar-refractivity contribution is 0.112. The van der Waals surface area contributed by atoms with Crippen molar-refractivity contribution in [3.63, 3.8) is 0 Å². The molecule has 0 aliphatic carbocycles. The van der Waals surface area contributed by atoms with Crippen molar-refractivity contribution in [2.24, 2.45) is 0 Å². The Hall–Kier alpha value is -2.22. The molecule has 0 bridgehead atoms. The number of aldehydes is 1. The van der Waals surface area contributed by atoms with Crippen LogP contribution in [0, 0.1) is 0 Å². The van der Waals surface area contributed by atoms with Crippen molar-refractivity contribution in [2.75, 3.05) is 0 Å². The molecule has 2 rings (SSSR count). The van der Waals surface area contributed by atoms with Gasteiger partial charge in [0.15, 0.2) is 0 Å². The van der Waals surface area contributed by atoms with Crippen LogP contribution in [0.5, 0.6) is 0 Å². The van der Waals surface area contributed by atoms with E-state index in [1.165, 1.54) is 0 Å². The first-order chi connectivity index (χ1) is 7.88. The van der Waals surface area contributed by atoms with E-state index < -0.39 is 0 Å². The number of aromatic nitrogens is 1. The Morgan fingerprint density at radius 1 is 0.938 bits per heavy atom. The molecule has 0 atom stereocenters. The zero-order chi connectivity index (χ0) is 11.2. The predicted molar refractivity (Wildman–Crippen MR) is 65.0 cm³/mol. The number of hydrogen-bond acceptors (Lipinski definition) is 2. The molecule has 16 heavy (non-hydrogen) atoms. The highest BCUT2D eigenvalue weighted by molar-refractivity contribution is 5.77. The molecule has 1 heterocycles. The Bertz CT molecular complexity index is 503. The van der Waals surface area contributed by atoms with E-state index in [2.05, 4.69) is 4.98 Å². The van der Waals surface area contributed by atoms with Crippen LogP contribution in [-0.2, 0) is 0 Å². The van der Waals surface area contributed by atoms with Gasteiger partial charge in [-0.15, -0.1) is 0 Å². The minimum Gasteiger partial charge on any atom is -0.298 e. The quantitative estimate of drug-likeness (QED) is 0.727. The monoisotopic (exact) mass is 209 g/mol. The van der Waals surface area contributed by atoms with Gasteiger partial charge in [-0.05, 0) is 29.8 Å². The molecule has 0 aliphatic rings. The lowest BCUT2D eigenvalue weighted by Crippen LogP contribution is -1.80. The van der Waals surface area contributed by atoms with Gasteiger partial charge in [0.1, 0.15) is 6.29 Å². The maximum absolute atomic E-state index is 10.6. The lowest BCUT2D eigenvalue weighted by atomic mass is 10.1. The highest BCUT2D eigenvalue weighted by atomic mass is 16.1. The summed E-state index contributed by atoms with van der Waals surface area (Å²) in [5.74, 6) is 0. The molecule has 0 unspecified atom stereocenters. The van der Waals surface area contributed by atoms with Gasteiger partial charge < -0.3 is 0 Å². The largest absolute Gasteiger partial charge is 0.298 e. The first-order valence-corrected chi connectivity index (χ1v) is 5.03. The molecule has 0 saturated carbocycles. The summed E-state index contributed by atoms with van der Waals surface area (Å²) in [4.78, 5) is 14.8. The second-order valence-electron chi connectivity index (χ2n) is 3.38. The van der Waals surface area contributed by atoms with Crippen LogP contribution < -0.4 is 0 Å². The zero-order valence-corrected chi connectivity index (χ0v) is 8.71. The van der Waals surface area contributed by atoms with Crippen molar-refractivity contribution in [1.82, 2.24) is 4.98 Å². The van der Waals surface area contributed by atoms with Gasteiger partial charge in [-0.3, -0.25) is 9.78 Å². The van der Waals surface area contributed by atoms with Crippen molar-refractivity contribution in [3.8, 4) is 0 Å². The van der Waals surface area contributed by atoms with Gasteiger partial charge >= 0.3 is 0 Å². The molecule has 2 heteroatoms. The van der Waals surface area contributed by atoms with Gasteiger partial charge in [0.25, 0.3) is 0 Å². The van der Waals surface area contributed by atoms with Crippen LogP contribution in [0.25, 0.3) is 12.2 Å². The maximum atomic E-state index is 10.6. The normalized spacial score (nSPS) is 10.5. The molecule has 0 radical (unpaired) electrons. The number of rotatable bonds is 3. The summed E-state index contributed by atoms with van der Waals surface area (Å²) in [5.41, 5.74) is 2.58. The van der Waals surface area contributed by atoms with Crippen LogP contribution in [0.15, 0.2) is 48.7 Å². The van der Waals surface area contributed by atoms with Crippen molar-refractivity contribution in [2.45, 2.75) is 0 Å². The fraction of sp³-hybridized carbons (Fsp3) is 0. The smallest absolute Gasteiger partial charge is 0.150 e. The van der Waals surface area contributed by atoms with Crippen molar-refractivity contribution < 1.29 is 4.79 Å². The van der Waals surface area contributed by atoms with Gasteiger partial charge in [0.05, 0.1) is 5.69 Å². The van der Waals surface area contributed by atoms with Crippen molar-refractivity contribution in [1.29, 1.82) is 0 Å². The number of carbonyl (C=O) groups is 1. The van der Waals surface area contributed by atoms with Gasteiger partial charge in [-0.25, -0.2) is 0 Å². The van der Waals surface area contributed by atoms with E-state index in [0.29, 0.717) is 5.56 Å². The summed E-state index contributed by atoms with van der Waals surface area (Å²) >= 11 is 0. The third-order valence-electron chi connectivity index (χ3n) is 2.18. The van der Waals surface area contributed by atoms with E-state index in [4.69, 9.17) is 0 Å². The van der Waals surface area contributed by atoms with E-state index in [1.807, 2.05) is 48.6 Å². The summed E-state index contributed by atoms with van der Waals surface area (Å²) in [5, 5.41) is 0. The molecule has 0 aliphatic heterocycles. The molecule has 2 aromatic rings. The van der Waals surface area contributed by atoms with E-state index in [1.54, 1.807) is 12.3 Å². The van der Waals surface area contributed by atoms with Crippen LogP contribution in [0.3, 0.4) is 0 Å². The van der Waals surface area contributed by atoms with Crippen LogP contribution in [0.4, 0.5) is 0 Å². The molecule has 1 aromatic heterocycles. The summed E-state index contributed by atoms with van der Waals surface area (Å²) in [7, 11) is 0. The van der Waals surface area contributed by atoms with Gasteiger partial charge in [-0.1, -0.05) is 30.3 Å². The molecule has 1 aromatic carbocycles. The second-order valence-corrected chi connectivity index (χ2v) is 3.38. The Labute approximate surface area is 94.3 Å². The fourth-order valence-electron chi connectivity index (χ4n) is 1.39. The third kappa shape index (κ3) is 2.64. The van der Waals surface area contributed by atoms with Crippen molar-refractivity contribution >= 4 is 18.4 Å². The molecule has 0 N–H and O–H groups in total. The highest BCUT2D eigenvalue weighted by Crippen LogP contribution is 2.07. The maximum Gasteiger partial charge on any atom is 0.150 e. The van der Waals surface area contributed by atoms with Crippen LogP contribution in [0.2, 0.25) is 0 Å². The zero-order valence-electron chi connectivity index (χ0n) is 8.71. The summed E-state index contributed by atoms with van der Waals surface area (Å²) in [6.07, 6.45) is 6.46. The van der Waals surface area contributed by atoms with Crippen LogP contribution >= 0.6 is 0 Å². The van der Waals surface area contributed by atoms with E-state index >= 15 is 0 Å². The number of hydrogen-bond donors (Lipinski definition) is 0. The highest BCUT2D eigenvalue weighted by Gasteiger charge is 1.91. The minimum atomic E-state index is 0.683. The molecular weight excluding hydrogens is 198 g/mol. The van der Waals surface area contributed by atoms with Gasteiger partial charge in [-0.2, -0.15) is 0 Å². The number of nitrogens with zero attached hydrogens (tertiary/aromatic N) is 1.